The van der Waals surface area contributed by atoms with Crippen LogP contribution in [-0.4, -0.2) is 41.6 Å². The maximum absolute atomic E-state index is 12.5. The Morgan fingerprint density at radius 2 is 2.00 bits per heavy atom. The Labute approximate surface area is 154 Å². The molecule has 1 aliphatic rings. The minimum absolute atomic E-state index is 0.0261. The third-order valence-corrected chi connectivity index (χ3v) is 4.65. The number of rotatable bonds is 6. The van der Waals surface area contributed by atoms with Crippen molar-refractivity contribution in [2.75, 3.05) is 24.6 Å². The second-order valence-corrected chi connectivity index (χ2v) is 6.86. The van der Waals surface area contributed by atoms with Crippen LogP contribution in [0.25, 0.3) is 0 Å². The molecule has 0 aliphatic carbocycles. The van der Waals surface area contributed by atoms with Gasteiger partial charge in [0.25, 0.3) is 0 Å². The zero-order valence-electron chi connectivity index (χ0n) is 15.4. The van der Waals surface area contributed by atoms with Gasteiger partial charge in [0.1, 0.15) is 18.2 Å². The fourth-order valence-electron chi connectivity index (χ4n) is 3.08. The standard InChI is InChI=1S/C20H26N4O2/c1-15-3-5-18(6-4-15)26-14-16(2)23-20(25)17-7-11-24(12-8-17)19-13-21-9-10-22-19/h3-6,9-10,13,16-17H,7-8,11-12,14H2,1-2H3,(H,23,25)/t16-/m1/s1. The van der Waals surface area contributed by atoms with Crippen LogP contribution in [0.1, 0.15) is 25.3 Å². The summed E-state index contributed by atoms with van der Waals surface area (Å²) in [7, 11) is 0. The SMILES string of the molecule is Cc1ccc(OC[C@@H](C)NC(=O)C2CCN(c3cnccn3)CC2)cc1. The topological polar surface area (TPSA) is 67.3 Å². The molecular formula is C20H26N4O2. The molecule has 2 heterocycles. The van der Waals surface area contributed by atoms with Gasteiger partial charge < -0.3 is 15.0 Å². The van der Waals surface area contributed by atoms with Crippen LogP contribution in [0, 0.1) is 12.8 Å². The number of carbonyl (C=O) groups is 1. The lowest BCUT2D eigenvalue weighted by molar-refractivity contribution is -0.126. The van der Waals surface area contributed by atoms with Gasteiger partial charge in [0.2, 0.25) is 5.91 Å². The predicted molar refractivity (Wildman–Crippen MR) is 101 cm³/mol. The van der Waals surface area contributed by atoms with E-state index in [9.17, 15) is 4.79 Å². The smallest absolute Gasteiger partial charge is 0.223 e. The maximum Gasteiger partial charge on any atom is 0.223 e. The Balaban J connectivity index is 1.41. The highest BCUT2D eigenvalue weighted by Gasteiger charge is 2.26. The Hall–Kier alpha value is -2.63. The van der Waals surface area contributed by atoms with Crippen molar-refractivity contribution in [1.29, 1.82) is 0 Å². The van der Waals surface area contributed by atoms with Crippen molar-refractivity contribution in [2.24, 2.45) is 5.92 Å². The molecule has 1 fully saturated rings. The third kappa shape index (κ3) is 4.94. The van der Waals surface area contributed by atoms with Crippen molar-refractivity contribution in [2.45, 2.75) is 32.7 Å². The van der Waals surface area contributed by atoms with E-state index in [-0.39, 0.29) is 17.9 Å². The Morgan fingerprint density at radius 3 is 2.65 bits per heavy atom. The van der Waals surface area contributed by atoms with Gasteiger partial charge in [-0.1, -0.05) is 17.7 Å². The zero-order valence-corrected chi connectivity index (χ0v) is 15.4. The van der Waals surface area contributed by atoms with Crippen molar-refractivity contribution in [3.05, 3.63) is 48.4 Å². The van der Waals surface area contributed by atoms with Crippen LogP contribution in [0.5, 0.6) is 5.75 Å². The minimum Gasteiger partial charge on any atom is -0.491 e. The molecule has 1 saturated heterocycles. The van der Waals surface area contributed by atoms with Crippen molar-refractivity contribution >= 4 is 11.7 Å². The summed E-state index contributed by atoms with van der Waals surface area (Å²) in [6, 6.07) is 7.91. The second kappa shape index (κ2) is 8.65. The molecule has 26 heavy (non-hydrogen) atoms. The molecule has 1 N–H and O–H groups in total. The molecule has 1 amide bonds. The summed E-state index contributed by atoms with van der Waals surface area (Å²) in [5.74, 6) is 1.87. The molecule has 1 aliphatic heterocycles. The third-order valence-electron chi connectivity index (χ3n) is 4.65. The van der Waals surface area contributed by atoms with Crippen molar-refractivity contribution in [3.8, 4) is 5.75 Å². The Bertz CT molecular complexity index is 698. The molecule has 3 rings (SSSR count). The number of piperidine rings is 1. The van der Waals surface area contributed by atoms with Gasteiger partial charge in [0.05, 0.1) is 12.2 Å². The highest BCUT2D eigenvalue weighted by molar-refractivity contribution is 5.79. The average molecular weight is 354 g/mol. The van der Waals surface area contributed by atoms with Crippen molar-refractivity contribution in [3.63, 3.8) is 0 Å². The molecule has 138 valence electrons. The summed E-state index contributed by atoms with van der Waals surface area (Å²) in [6.07, 6.45) is 6.79. The van der Waals surface area contributed by atoms with Gasteiger partial charge in [-0.2, -0.15) is 0 Å². The Morgan fingerprint density at radius 1 is 1.27 bits per heavy atom. The van der Waals surface area contributed by atoms with Crippen molar-refractivity contribution < 1.29 is 9.53 Å². The number of anilines is 1. The van der Waals surface area contributed by atoms with Crippen LogP contribution in [-0.2, 0) is 4.79 Å². The van der Waals surface area contributed by atoms with E-state index in [0.29, 0.717) is 6.61 Å². The summed E-state index contributed by atoms with van der Waals surface area (Å²) < 4.78 is 5.75. The number of nitrogens with one attached hydrogen (secondary N) is 1. The first kappa shape index (κ1) is 18.2. The molecule has 2 aromatic rings. The number of benzene rings is 1. The number of nitrogens with zero attached hydrogens (tertiary/aromatic N) is 3. The quantitative estimate of drug-likeness (QED) is 0.864. The van der Waals surface area contributed by atoms with Gasteiger partial charge in [-0.15, -0.1) is 0 Å². The van der Waals surface area contributed by atoms with Gasteiger partial charge >= 0.3 is 0 Å². The van der Waals surface area contributed by atoms with E-state index in [0.717, 1.165) is 37.5 Å². The van der Waals surface area contributed by atoms with Crippen LogP contribution in [0.4, 0.5) is 5.82 Å². The number of hydrogen-bond acceptors (Lipinski definition) is 5. The summed E-state index contributed by atoms with van der Waals surface area (Å²) in [5, 5.41) is 3.08. The molecule has 0 saturated carbocycles. The zero-order chi connectivity index (χ0) is 18.4. The fraction of sp³-hybridized carbons (Fsp3) is 0.450. The molecule has 0 spiro atoms. The normalized spacial score (nSPS) is 16.2. The summed E-state index contributed by atoms with van der Waals surface area (Å²) in [6.45, 7) is 6.13. The van der Waals surface area contributed by atoms with E-state index in [1.807, 2.05) is 38.1 Å². The van der Waals surface area contributed by atoms with E-state index in [1.54, 1.807) is 18.6 Å². The number of hydrogen-bond donors (Lipinski definition) is 1. The molecule has 0 radical (unpaired) electrons. The van der Waals surface area contributed by atoms with E-state index in [2.05, 4.69) is 20.2 Å². The fourth-order valence-corrected chi connectivity index (χ4v) is 3.08. The van der Waals surface area contributed by atoms with E-state index in [4.69, 9.17) is 4.74 Å². The molecule has 0 unspecified atom stereocenters. The summed E-state index contributed by atoms with van der Waals surface area (Å²) in [4.78, 5) is 23.1. The van der Waals surface area contributed by atoms with Gasteiger partial charge in [-0.3, -0.25) is 9.78 Å². The van der Waals surface area contributed by atoms with Gasteiger partial charge in [-0.05, 0) is 38.8 Å². The first-order chi connectivity index (χ1) is 12.6. The van der Waals surface area contributed by atoms with E-state index >= 15 is 0 Å². The lowest BCUT2D eigenvalue weighted by atomic mass is 9.95. The molecule has 1 aromatic carbocycles. The molecular weight excluding hydrogens is 328 g/mol. The number of amides is 1. The number of aromatic nitrogens is 2. The lowest BCUT2D eigenvalue weighted by Crippen LogP contribution is -2.44. The first-order valence-corrected chi connectivity index (χ1v) is 9.12. The van der Waals surface area contributed by atoms with Crippen molar-refractivity contribution in [1.82, 2.24) is 15.3 Å². The predicted octanol–water partition coefficient (Wildman–Crippen LogP) is 2.59. The van der Waals surface area contributed by atoms with Gasteiger partial charge in [-0.25, -0.2) is 4.98 Å². The van der Waals surface area contributed by atoms with Crippen LogP contribution < -0.4 is 15.0 Å². The van der Waals surface area contributed by atoms with Gasteiger partial charge in [0.15, 0.2) is 0 Å². The average Bonchev–Trinajstić information content (AvgIpc) is 2.68. The summed E-state index contributed by atoms with van der Waals surface area (Å²) in [5.41, 5.74) is 1.20. The second-order valence-electron chi connectivity index (χ2n) is 6.86. The highest BCUT2D eigenvalue weighted by Crippen LogP contribution is 2.21. The van der Waals surface area contributed by atoms with Crippen LogP contribution in [0.15, 0.2) is 42.9 Å². The monoisotopic (exact) mass is 354 g/mol. The van der Waals surface area contributed by atoms with Crippen LogP contribution >= 0.6 is 0 Å². The maximum atomic E-state index is 12.5. The molecule has 0 bridgehead atoms. The molecule has 1 atom stereocenters. The number of aryl methyl sites for hydroxylation is 1. The van der Waals surface area contributed by atoms with Crippen LogP contribution in [0.3, 0.4) is 0 Å². The van der Waals surface area contributed by atoms with E-state index in [1.165, 1.54) is 5.56 Å². The van der Waals surface area contributed by atoms with E-state index < -0.39 is 0 Å². The number of ether oxygens (including phenoxy) is 1. The minimum atomic E-state index is -0.0261. The summed E-state index contributed by atoms with van der Waals surface area (Å²) >= 11 is 0. The molecule has 6 nitrogen and oxygen atoms in total. The highest BCUT2D eigenvalue weighted by atomic mass is 16.5. The largest absolute Gasteiger partial charge is 0.491 e. The first-order valence-electron chi connectivity index (χ1n) is 9.12. The molecule has 6 heteroatoms. The number of carbonyl (C=O) groups excluding carboxylic acids is 1. The Kier molecular flexibility index (Phi) is 6.04. The lowest BCUT2D eigenvalue weighted by Gasteiger charge is -2.32. The molecule has 1 aromatic heterocycles. The van der Waals surface area contributed by atoms with Crippen LogP contribution in [0.2, 0.25) is 0 Å². The van der Waals surface area contributed by atoms with Gasteiger partial charge in [0, 0.05) is 31.4 Å².